The van der Waals surface area contributed by atoms with E-state index in [0.29, 0.717) is 5.52 Å². The lowest BCUT2D eigenvalue weighted by molar-refractivity contribution is 0.586. The zero-order valence-corrected chi connectivity index (χ0v) is 9.95. The molecule has 0 saturated carbocycles. The van der Waals surface area contributed by atoms with Crippen molar-refractivity contribution in [2.45, 2.75) is 19.9 Å². The summed E-state index contributed by atoms with van der Waals surface area (Å²) in [6.45, 7) is 2.92. The third-order valence-corrected chi connectivity index (χ3v) is 3.23. The fourth-order valence-corrected chi connectivity index (χ4v) is 2.23. The Kier molecular flexibility index (Phi) is 2.71. The molecule has 4 heteroatoms. The lowest BCUT2D eigenvalue weighted by Gasteiger charge is -1.97. The lowest BCUT2D eigenvalue weighted by Crippen LogP contribution is -2.00. The van der Waals surface area contributed by atoms with E-state index in [2.05, 4.69) is 34.6 Å². The molecule has 0 saturated heterocycles. The third-order valence-electron chi connectivity index (χ3n) is 2.09. The summed E-state index contributed by atoms with van der Waals surface area (Å²) in [5.41, 5.74) is 0.477. The van der Waals surface area contributed by atoms with E-state index in [9.17, 15) is 4.39 Å². The van der Waals surface area contributed by atoms with E-state index in [-0.39, 0.29) is 5.82 Å². The van der Waals surface area contributed by atoms with Crippen molar-refractivity contribution in [1.82, 2.24) is 9.78 Å². The minimum absolute atomic E-state index is 0.240. The molecular weight excluding hydrogens is 294 g/mol. The van der Waals surface area contributed by atoms with E-state index in [1.807, 2.05) is 10.7 Å². The van der Waals surface area contributed by atoms with Gasteiger partial charge >= 0.3 is 0 Å². The van der Waals surface area contributed by atoms with Crippen LogP contribution >= 0.6 is 22.6 Å². The maximum atomic E-state index is 13.3. The molecule has 0 spiro atoms. The van der Waals surface area contributed by atoms with Crippen molar-refractivity contribution in [3.63, 3.8) is 0 Å². The quantitative estimate of drug-likeness (QED) is 0.779. The van der Waals surface area contributed by atoms with E-state index in [4.69, 9.17) is 0 Å². The molecule has 0 aliphatic rings. The van der Waals surface area contributed by atoms with Crippen molar-refractivity contribution < 1.29 is 4.39 Å². The van der Waals surface area contributed by atoms with Gasteiger partial charge in [0, 0.05) is 11.9 Å². The first-order valence-electron chi connectivity index (χ1n) is 4.54. The molecule has 0 amide bonds. The molecule has 0 aliphatic heterocycles. The number of hydrogen-bond acceptors (Lipinski definition) is 1. The van der Waals surface area contributed by atoms with Crippen LogP contribution in [0, 0.1) is 9.52 Å². The van der Waals surface area contributed by atoms with Gasteiger partial charge in [-0.25, -0.2) is 4.39 Å². The number of fused-ring (bicyclic) bond motifs is 1. The van der Waals surface area contributed by atoms with Crippen LogP contribution in [0.1, 0.15) is 13.3 Å². The van der Waals surface area contributed by atoms with E-state index in [1.165, 1.54) is 6.07 Å². The Labute approximate surface area is 95.2 Å². The normalized spacial score (nSPS) is 11.1. The van der Waals surface area contributed by atoms with Crippen LogP contribution in [0.25, 0.3) is 10.9 Å². The van der Waals surface area contributed by atoms with Crippen molar-refractivity contribution in [2.75, 3.05) is 0 Å². The molecule has 0 N–H and O–H groups in total. The topological polar surface area (TPSA) is 17.8 Å². The largest absolute Gasteiger partial charge is 0.258 e. The smallest absolute Gasteiger partial charge is 0.151 e. The number of aromatic nitrogens is 2. The highest BCUT2D eigenvalue weighted by atomic mass is 127. The Hall–Kier alpha value is -0.650. The van der Waals surface area contributed by atoms with Crippen LogP contribution in [-0.4, -0.2) is 9.78 Å². The number of aryl methyl sites for hydroxylation is 1. The average Bonchev–Trinajstić information content (AvgIpc) is 2.48. The molecule has 1 aromatic carbocycles. The molecule has 2 nitrogen and oxygen atoms in total. The van der Waals surface area contributed by atoms with Crippen molar-refractivity contribution in [1.29, 1.82) is 0 Å². The predicted octanol–water partition coefficient (Wildman–Crippen LogP) is 3.19. The second kappa shape index (κ2) is 3.84. The van der Waals surface area contributed by atoms with Crippen molar-refractivity contribution in [3.8, 4) is 0 Å². The van der Waals surface area contributed by atoms with Crippen LogP contribution in [-0.2, 0) is 6.54 Å². The first kappa shape index (κ1) is 9.89. The van der Waals surface area contributed by atoms with E-state index < -0.39 is 0 Å². The van der Waals surface area contributed by atoms with Crippen LogP contribution in [0.15, 0.2) is 18.2 Å². The second-order valence-electron chi connectivity index (χ2n) is 3.15. The highest BCUT2D eigenvalue weighted by Crippen LogP contribution is 2.22. The Bertz CT molecular complexity index is 464. The van der Waals surface area contributed by atoms with Crippen LogP contribution in [0.2, 0.25) is 0 Å². The summed E-state index contributed by atoms with van der Waals surface area (Å²) in [5.74, 6) is -0.240. The predicted molar refractivity (Wildman–Crippen MR) is 62.7 cm³/mol. The van der Waals surface area contributed by atoms with Crippen LogP contribution in [0.4, 0.5) is 4.39 Å². The summed E-state index contributed by atoms with van der Waals surface area (Å²) in [6, 6.07) is 5.07. The number of nitrogens with zero attached hydrogens (tertiary/aromatic N) is 2. The van der Waals surface area contributed by atoms with Gasteiger partial charge in [0.25, 0.3) is 0 Å². The molecule has 74 valence electrons. The Morgan fingerprint density at radius 1 is 1.50 bits per heavy atom. The maximum Gasteiger partial charge on any atom is 0.151 e. The third kappa shape index (κ3) is 1.51. The molecule has 0 aliphatic carbocycles. The van der Waals surface area contributed by atoms with Crippen LogP contribution in [0.5, 0.6) is 0 Å². The molecular formula is C10H10FIN2. The SMILES string of the molecule is CCCn1nc2c(F)cccc2c1I. The molecule has 1 aromatic heterocycles. The van der Waals surface area contributed by atoms with Crippen LogP contribution in [0.3, 0.4) is 0 Å². The molecule has 0 radical (unpaired) electrons. The summed E-state index contributed by atoms with van der Waals surface area (Å²) in [5, 5.41) is 5.14. The molecule has 0 atom stereocenters. The number of benzene rings is 1. The zero-order valence-electron chi connectivity index (χ0n) is 7.80. The minimum atomic E-state index is -0.240. The summed E-state index contributed by atoms with van der Waals surface area (Å²) in [4.78, 5) is 0. The monoisotopic (exact) mass is 304 g/mol. The fraction of sp³-hybridized carbons (Fsp3) is 0.300. The molecule has 0 fully saturated rings. The molecule has 14 heavy (non-hydrogen) atoms. The highest BCUT2D eigenvalue weighted by Gasteiger charge is 2.10. The Morgan fingerprint density at radius 2 is 2.29 bits per heavy atom. The van der Waals surface area contributed by atoms with Gasteiger partial charge in [-0.3, -0.25) is 4.68 Å². The van der Waals surface area contributed by atoms with Gasteiger partial charge in [0.2, 0.25) is 0 Å². The van der Waals surface area contributed by atoms with Gasteiger partial charge in [0.1, 0.15) is 9.22 Å². The highest BCUT2D eigenvalue weighted by molar-refractivity contribution is 14.1. The van der Waals surface area contributed by atoms with E-state index in [1.54, 1.807) is 6.07 Å². The zero-order chi connectivity index (χ0) is 10.1. The second-order valence-corrected chi connectivity index (χ2v) is 4.17. The maximum absolute atomic E-state index is 13.3. The standard InChI is InChI=1S/C10H10FIN2/c1-2-6-14-10(12)7-4-3-5-8(11)9(7)13-14/h3-5H,2,6H2,1H3. The summed E-state index contributed by atoms with van der Waals surface area (Å²) < 4.78 is 16.2. The summed E-state index contributed by atoms with van der Waals surface area (Å²) in [6.07, 6.45) is 1.01. The van der Waals surface area contributed by atoms with E-state index in [0.717, 1.165) is 22.1 Å². The van der Waals surface area contributed by atoms with Gasteiger partial charge in [-0.05, 0) is 41.1 Å². The summed E-state index contributed by atoms with van der Waals surface area (Å²) in [7, 11) is 0. The fourth-order valence-electron chi connectivity index (χ4n) is 1.45. The first-order valence-corrected chi connectivity index (χ1v) is 5.62. The molecule has 1 heterocycles. The first-order chi connectivity index (χ1) is 6.74. The minimum Gasteiger partial charge on any atom is -0.258 e. The van der Waals surface area contributed by atoms with Crippen molar-refractivity contribution >= 4 is 33.5 Å². The Morgan fingerprint density at radius 3 is 2.93 bits per heavy atom. The molecule has 2 aromatic rings. The Balaban J connectivity index is 2.67. The van der Waals surface area contributed by atoms with Gasteiger partial charge in [-0.15, -0.1) is 0 Å². The van der Waals surface area contributed by atoms with Gasteiger partial charge < -0.3 is 0 Å². The average molecular weight is 304 g/mol. The van der Waals surface area contributed by atoms with Crippen LogP contribution < -0.4 is 0 Å². The summed E-state index contributed by atoms with van der Waals surface area (Å²) >= 11 is 2.21. The molecule has 2 rings (SSSR count). The number of hydrogen-bond donors (Lipinski definition) is 0. The van der Waals surface area contributed by atoms with Crippen molar-refractivity contribution in [2.24, 2.45) is 0 Å². The molecule has 0 unspecified atom stereocenters. The van der Waals surface area contributed by atoms with Gasteiger partial charge in [0.15, 0.2) is 5.82 Å². The lowest BCUT2D eigenvalue weighted by atomic mass is 10.2. The number of rotatable bonds is 2. The van der Waals surface area contributed by atoms with Gasteiger partial charge in [-0.2, -0.15) is 5.10 Å². The van der Waals surface area contributed by atoms with Crippen molar-refractivity contribution in [3.05, 3.63) is 27.7 Å². The van der Waals surface area contributed by atoms with Gasteiger partial charge in [-0.1, -0.05) is 13.0 Å². The van der Waals surface area contributed by atoms with E-state index >= 15 is 0 Å². The number of halogens is 2. The molecule has 0 bridgehead atoms. The van der Waals surface area contributed by atoms with Gasteiger partial charge in [0.05, 0.1) is 0 Å².